The van der Waals surface area contributed by atoms with Gasteiger partial charge in [0.25, 0.3) is 0 Å². The van der Waals surface area contributed by atoms with E-state index in [1.165, 1.54) is 17.8 Å². The third-order valence-corrected chi connectivity index (χ3v) is 6.91. The van der Waals surface area contributed by atoms with Crippen LogP contribution in [-0.2, 0) is 0 Å². The third-order valence-electron chi connectivity index (χ3n) is 6.51. The molecule has 2 fully saturated rings. The van der Waals surface area contributed by atoms with E-state index in [1.807, 2.05) is 4.90 Å². The molecule has 2 unspecified atom stereocenters. The number of halogens is 1. The number of nitriles is 2. The molecule has 4 N–H and O–H groups in total. The summed E-state index contributed by atoms with van der Waals surface area (Å²) in [6.45, 7) is 0.556. The number of carboxylic acid groups (broad SMARTS) is 1. The lowest BCUT2D eigenvalue weighted by Gasteiger charge is -2.40. The Hall–Kier alpha value is -4.33. The first-order valence-electron chi connectivity index (χ1n) is 11.6. The molecule has 2 atom stereocenters. The Bertz CT molecular complexity index is 1460. The molecule has 1 saturated heterocycles. The molecule has 37 heavy (non-hydrogen) atoms. The molecule has 1 amide bonds. The van der Waals surface area contributed by atoms with E-state index in [0.717, 1.165) is 17.7 Å². The number of aromatic nitrogens is 4. The summed E-state index contributed by atoms with van der Waals surface area (Å²) in [4.78, 5) is 23.1. The van der Waals surface area contributed by atoms with Gasteiger partial charge in [-0.15, -0.1) is 5.10 Å². The third kappa shape index (κ3) is 4.74. The molecule has 2 aromatic heterocycles. The van der Waals surface area contributed by atoms with Crippen LogP contribution >= 0.6 is 11.6 Å². The Morgan fingerprint density at radius 2 is 2.05 bits per heavy atom. The number of β-amino-alcohol motifs (C(OH)–C–C–N with tert-alkyl or cyclic N) is 1. The van der Waals surface area contributed by atoms with Crippen molar-refractivity contribution in [2.45, 2.75) is 37.5 Å². The summed E-state index contributed by atoms with van der Waals surface area (Å²) in [5.41, 5.74) is 1.86. The van der Waals surface area contributed by atoms with E-state index >= 15 is 0 Å². The van der Waals surface area contributed by atoms with Gasteiger partial charge in [-0.05, 0) is 31.4 Å². The highest BCUT2D eigenvalue weighted by Crippen LogP contribution is 2.37. The van der Waals surface area contributed by atoms with Crippen LogP contribution in [0.4, 0.5) is 27.9 Å². The number of aliphatic hydroxyl groups excluding tert-OH is 1. The number of imidazole rings is 1. The van der Waals surface area contributed by atoms with Crippen molar-refractivity contribution in [1.29, 1.82) is 10.5 Å². The van der Waals surface area contributed by atoms with Crippen molar-refractivity contribution >= 4 is 46.5 Å². The Kier molecular flexibility index (Phi) is 6.33. The van der Waals surface area contributed by atoms with Crippen molar-refractivity contribution < 1.29 is 15.0 Å². The number of carbonyl (C=O) groups is 1. The minimum absolute atomic E-state index is 0.134. The highest BCUT2D eigenvalue weighted by molar-refractivity contribution is 6.36. The van der Waals surface area contributed by atoms with Crippen LogP contribution < -0.4 is 15.5 Å². The minimum Gasteiger partial charge on any atom is -0.465 e. The summed E-state index contributed by atoms with van der Waals surface area (Å²) in [7, 11) is 1.43. The molecule has 13 nitrogen and oxygen atoms in total. The predicted octanol–water partition coefficient (Wildman–Crippen LogP) is 2.39. The second-order valence-electron chi connectivity index (χ2n) is 9.05. The van der Waals surface area contributed by atoms with Crippen molar-refractivity contribution in [1.82, 2.24) is 24.5 Å². The fourth-order valence-corrected chi connectivity index (χ4v) is 4.65. The number of anilines is 4. The topological polar surface area (TPSA) is 179 Å². The number of nitrogens with one attached hydrogen (secondary N) is 2. The van der Waals surface area contributed by atoms with E-state index in [0.29, 0.717) is 41.4 Å². The Balaban J connectivity index is 1.47. The maximum atomic E-state index is 11.3. The molecule has 3 heterocycles. The molecule has 1 aromatic carbocycles. The largest absolute Gasteiger partial charge is 0.465 e. The fourth-order valence-electron chi connectivity index (χ4n) is 4.38. The number of fused-ring (bicyclic) bond motifs is 1. The monoisotopic (exact) mass is 522 g/mol. The lowest BCUT2D eigenvalue weighted by Crippen LogP contribution is -2.54. The molecule has 1 aliphatic carbocycles. The molecule has 0 radical (unpaired) electrons. The van der Waals surface area contributed by atoms with Crippen LogP contribution in [0.15, 0.2) is 18.3 Å². The molecule has 0 spiro atoms. The van der Waals surface area contributed by atoms with Gasteiger partial charge in [0.15, 0.2) is 17.2 Å². The SMILES string of the molecule is CN(C(=O)O)C1CCN(c2cc(C#N)cc(Nc3nc(NC4CC4)c4ncc(C#N)n4n3)c2Cl)CC1O. The number of amides is 1. The van der Waals surface area contributed by atoms with Gasteiger partial charge < -0.3 is 30.6 Å². The summed E-state index contributed by atoms with van der Waals surface area (Å²) < 4.78 is 1.39. The fraction of sp³-hybridized carbons (Fsp3) is 0.391. The van der Waals surface area contributed by atoms with Crippen molar-refractivity contribution in [2.75, 3.05) is 35.7 Å². The van der Waals surface area contributed by atoms with Gasteiger partial charge in [-0.2, -0.15) is 20.0 Å². The second kappa shape index (κ2) is 9.61. The number of piperidine rings is 1. The molecular weight excluding hydrogens is 500 g/mol. The molecule has 3 aromatic rings. The first-order valence-corrected chi connectivity index (χ1v) is 12.0. The van der Waals surface area contributed by atoms with Crippen LogP contribution in [0, 0.1) is 22.7 Å². The van der Waals surface area contributed by atoms with Crippen molar-refractivity contribution in [2.24, 2.45) is 0 Å². The molecule has 1 aliphatic heterocycles. The predicted molar refractivity (Wildman–Crippen MR) is 134 cm³/mol. The summed E-state index contributed by atoms with van der Waals surface area (Å²) in [6, 6.07) is 7.09. The van der Waals surface area contributed by atoms with Gasteiger partial charge in [-0.3, -0.25) is 0 Å². The number of rotatable bonds is 6. The molecule has 1 saturated carbocycles. The highest BCUT2D eigenvalue weighted by atomic mass is 35.5. The number of benzene rings is 1. The van der Waals surface area contributed by atoms with Crippen LogP contribution in [0.2, 0.25) is 5.02 Å². The van der Waals surface area contributed by atoms with E-state index < -0.39 is 18.2 Å². The van der Waals surface area contributed by atoms with Crippen LogP contribution in [0.3, 0.4) is 0 Å². The maximum absolute atomic E-state index is 11.3. The molecule has 5 rings (SSSR count). The number of aliphatic hydroxyl groups is 1. The number of likely N-dealkylation sites (N-methyl/N-ethyl adjacent to an activating group) is 1. The molecule has 2 aliphatic rings. The lowest BCUT2D eigenvalue weighted by molar-refractivity contribution is 0.0497. The normalized spacial score (nSPS) is 19.2. The summed E-state index contributed by atoms with van der Waals surface area (Å²) in [5, 5.41) is 50.1. The van der Waals surface area contributed by atoms with Gasteiger partial charge in [-0.25, -0.2) is 9.78 Å². The number of hydrogen-bond donors (Lipinski definition) is 4. The Morgan fingerprint density at radius 1 is 1.27 bits per heavy atom. The van der Waals surface area contributed by atoms with E-state index in [-0.39, 0.29) is 29.3 Å². The molecule has 14 heteroatoms. The quantitative estimate of drug-likeness (QED) is 0.373. The summed E-state index contributed by atoms with van der Waals surface area (Å²) in [5.74, 6) is 0.622. The Morgan fingerprint density at radius 3 is 2.70 bits per heavy atom. The standard InChI is InChI=1S/C23H23ClN10O3/c1-32(23(36)37)16-4-5-33(11-18(16)35)17-7-12(8-25)6-15(19(17)24)29-22-30-20(28-13-2-3-13)21-27-10-14(9-26)34(21)31-22/h6-7,10,13,16,18,35H,2-5,11H2,1H3,(H,36,37)(H2,28,29,30,31). The molecule has 190 valence electrons. The first-order chi connectivity index (χ1) is 17.8. The lowest BCUT2D eigenvalue weighted by atomic mass is 9.99. The van der Waals surface area contributed by atoms with E-state index in [1.54, 1.807) is 12.1 Å². The number of nitrogens with zero attached hydrogens (tertiary/aromatic N) is 8. The Labute approximate surface area is 216 Å². The second-order valence-corrected chi connectivity index (χ2v) is 9.43. The van der Waals surface area contributed by atoms with Gasteiger partial charge in [0.05, 0.1) is 46.4 Å². The minimum atomic E-state index is -1.11. The molecular formula is C23H23ClN10O3. The van der Waals surface area contributed by atoms with Crippen molar-refractivity contribution in [3.8, 4) is 12.1 Å². The van der Waals surface area contributed by atoms with Gasteiger partial charge in [0, 0.05) is 26.2 Å². The first kappa shape index (κ1) is 24.4. The van der Waals surface area contributed by atoms with Crippen molar-refractivity contribution in [3.63, 3.8) is 0 Å². The van der Waals surface area contributed by atoms with Crippen LogP contribution in [0.1, 0.15) is 30.5 Å². The van der Waals surface area contributed by atoms with Crippen LogP contribution in [0.25, 0.3) is 5.65 Å². The summed E-state index contributed by atoms with van der Waals surface area (Å²) in [6.07, 6.45) is 1.76. The number of hydrogen-bond acceptors (Lipinski definition) is 10. The van der Waals surface area contributed by atoms with E-state index in [4.69, 9.17) is 11.6 Å². The van der Waals surface area contributed by atoms with E-state index in [2.05, 4.69) is 37.8 Å². The molecule has 0 bridgehead atoms. The van der Waals surface area contributed by atoms with Gasteiger partial charge in [0.1, 0.15) is 6.07 Å². The average Bonchev–Trinajstić information content (AvgIpc) is 3.60. The van der Waals surface area contributed by atoms with Gasteiger partial charge >= 0.3 is 6.09 Å². The zero-order valence-electron chi connectivity index (χ0n) is 19.8. The van der Waals surface area contributed by atoms with Crippen LogP contribution in [0.5, 0.6) is 0 Å². The zero-order chi connectivity index (χ0) is 26.3. The maximum Gasteiger partial charge on any atom is 0.407 e. The van der Waals surface area contributed by atoms with Gasteiger partial charge in [0.2, 0.25) is 5.95 Å². The highest BCUT2D eigenvalue weighted by Gasteiger charge is 2.34. The zero-order valence-corrected chi connectivity index (χ0v) is 20.5. The van der Waals surface area contributed by atoms with E-state index in [9.17, 15) is 25.5 Å². The average molecular weight is 523 g/mol. The smallest absolute Gasteiger partial charge is 0.407 e. The van der Waals surface area contributed by atoms with Gasteiger partial charge in [-0.1, -0.05) is 11.6 Å². The van der Waals surface area contributed by atoms with Crippen LogP contribution in [-0.4, -0.2) is 79.1 Å². The van der Waals surface area contributed by atoms with Crippen molar-refractivity contribution in [3.05, 3.63) is 34.6 Å². The summed E-state index contributed by atoms with van der Waals surface area (Å²) >= 11 is 6.77.